The second-order valence-corrected chi connectivity index (χ2v) is 8.01. The molecule has 1 saturated heterocycles. The van der Waals surface area contributed by atoms with Crippen LogP contribution in [0, 0.1) is 11.3 Å². The fraction of sp³-hybridized carbons (Fsp3) is 0.800. The molecule has 0 saturated carbocycles. The molecule has 0 bridgehead atoms. The lowest BCUT2D eigenvalue weighted by Gasteiger charge is -2.47. The summed E-state index contributed by atoms with van der Waals surface area (Å²) in [6.07, 6.45) is 2.01. The molecule has 1 aliphatic rings. The topological polar surface area (TPSA) is 28.2 Å². The van der Waals surface area contributed by atoms with E-state index in [1.807, 2.05) is 11.7 Å². The number of thiazole rings is 1. The van der Waals surface area contributed by atoms with Crippen LogP contribution in [-0.2, 0) is 6.54 Å². The molecule has 4 heteroatoms. The fourth-order valence-corrected chi connectivity index (χ4v) is 3.45. The molecule has 2 atom stereocenters. The summed E-state index contributed by atoms with van der Waals surface area (Å²) < 4.78 is 0. The van der Waals surface area contributed by atoms with Gasteiger partial charge in [0.1, 0.15) is 0 Å². The standard InChI is InChI=1S/C15H27N3S/c1-11(2)13-9-18(8-12-6-16-10-19-12)14(7-17-13)15(3,4)5/h6,10-11,13-14,17H,7-9H2,1-5H3. The van der Waals surface area contributed by atoms with Crippen LogP contribution in [0.15, 0.2) is 11.7 Å². The van der Waals surface area contributed by atoms with Gasteiger partial charge in [-0.1, -0.05) is 34.6 Å². The van der Waals surface area contributed by atoms with E-state index in [-0.39, 0.29) is 0 Å². The smallest absolute Gasteiger partial charge is 0.0794 e. The molecule has 0 aromatic carbocycles. The maximum atomic E-state index is 4.21. The van der Waals surface area contributed by atoms with E-state index in [4.69, 9.17) is 0 Å². The third-order valence-electron chi connectivity index (χ3n) is 4.09. The van der Waals surface area contributed by atoms with Crippen LogP contribution in [0.3, 0.4) is 0 Å². The predicted octanol–water partition coefficient (Wildman–Crippen LogP) is 2.99. The molecular weight excluding hydrogens is 254 g/mol. The van der Waals surface area contributed by atoms with Gasteiger partial charge in [0.15, 0.2) is 0 Å². The maximum absolute atomic E-state index is 4.21. The van der Waals surface area contributed by atoms with Crippen LogP contribution in [0.2, 0.25) is 0 Å². The van der Waals surface area contributed by atoms with E-state index < -0.39 is 0 Å². The highest BCUT2D eigenvalue weighted by Gasteiger charge is 2.36. The Morgan fingerprint density at radius 3 is 2.74 bits per heavy atom. The summed E-state index contributed by atoms with van der Waals surface area (Å²) in [5.41, 5.74) is 2.24. The summed E-state index contributed by atoms with van der Waals surface area (Å²) in [6.45, 7) is 14.9. The molecule has 3 nitrogen and oxygen atoms in total. The molecule has 1 N–H and O–H groups in total. The number of nitrogens with zero attached hydrogens (tertiary/aromatic N) is 2. The number of hydrogen-bond acceptors (Lipinski definition) is 4. The first-order valence-electron chi connectivity index (χ1n) is 7.22. The number of piperazine rings is 1. The zero-order valence-corrected chi connectivity index (χ0v) is 13.6. The van der Waals surface area contributed by atoms with Crippen LogP contribution >= 0.6 is 11.3 Å². The molecular formula is C15H27N3S. The van der Waals surface area contributed by atoms with E-state index in [0.717, 1.165) is 19.6 Å². The first-order valence-corrected chi connectivity index (χ1v) is 8.10. The van der Waals surface area contributed by atoms with Crippen molar-refractivity contribution in [3.05, 3.63) is 16.6 Å². The molecule has 19 heavy (non-hydrogen) atoms. The quantitative estimate of drug-likeness (QED) is 0.923. The molecule has 2 unspecified atom stereocenters. The van der Waals surface area contributed by atoms with Gasteiger partial charge in [0.05, 0.1) is 5.51 Å². The summed E-state index contributed by atoms with van der Waals surface area (Å²) in [4.78, 5) is 8.23. The molecule has 1 fully saturated rings. The molecule has 108 valence electrons. The Morgan fingerprint density at radius 2 is 2.21 bits per heavy atom. The second-order valence-electron chi connectivity index (χ2n) is 7.04. The Labute approximate surface area is 121 Å². The minimum atomic E-state index is 0.305. The number of nitrogens with one attached hydrogen (secondary N) is 1. The maximum Gasteiger partial charge on any atom is 0.0794 e. The van der Waals surface area contributed by atoms with Gasteiger partial charge in [-0.25, -0.2) is 0 Å². The van der Waals surface area contributed by atoms with Gasteiger partial charge in [0.2, 0.25) is 0 Å². The Bertz CT molecular complexity index is 381. The van der Waals surface area contributed by atoms with Crippen LogP contribution in [-0.4, -0.2) is 35.1 Å². The summed E-state index contributed by atoms with van der Waals surface area (Å²) in [6, 6.07) is 1.19. The van der Waals surface area contributed by atoms with E-state index in [2.05, 4.69) is 49.8 Å². The van der Waals surface area contributed by atoms with Crippen molar-refractivity contribution < 1.29 is 0 Å². The van der Waals surface area contributed by atoms with E-state index in [9.17, 15) is 0 Å². The molecule has 2 rings (SSSR count). The van der Waals surface area contributed by atoms with E-state index in [1.54, 1.807) is 11.3 Å². The van der Waals surface area contributed by atoms with Gasteiger partial charge in [-0.15, -0.1) is 11.3 Å². The van der Waals surface area contributed by atoms with Crippen molar-refractivity contribution in [1.29, 1.82) is 0 Å². The molecule has 0 amide bonds. The van der Waals surface area contributed by atoms with Crippen molar-refractivity contribution in [2.24, 2.45) is 11.3 Å². The van der Waals surface area contributed by atoms with Crippen molar-refractivity contribution in [2.45, 2.75) is 53.2 Å². The van der Waals surface area contributed by atoms with E-state index in [0.29, 0.717) is 23.4 Å². The Morgan fingerprint density at radius 1 is 1.47 bits per heavy atom. The van der Waals surface area contributed by atoms with Gasteiger partial charge in [-0.3, -0.25) is 9.88 Å². The van der Waals surface area contributed by atoms with Gasteiger partial charge < -0.3 is 5.32 Å². The lowest BCUT2D eigenvalue weighted by Crippen LogP contribution is -2.61. The monoisotopic (exact) mass is 281 g/mol. The largest absolute Gasteiger partial charge is 0.311 e. The lowest BCUT2D eigenvalue weighted by molar-refractivity contribution is 0.0407. The van der Waals surface area contributed by atoms with Crippen molar-refractivity contribution >= 4 is 11.3 Å². The average molecular weight is 281 g/mol. The summed E-state index contributed by atoms with van der Waals surface area (Å²) in [5.74, 6) is 0.685. The first-order chi connectivity index (χ1) is 8.88. The van der Waals surface area contributed by atoms with Crippen LogP contribution in [0.5, 0.6) is 0 Å². The first kappa shape index (κ1) is 14.9. The number of aromatic nitrogens is 1. The van der Waals surface area contributed by atoms with Crippen molar-refractivity contribution in [3.8, 4) is 0 Å². The van der Waals surface area contributed by atoms with Crippen LogP contribution in [0.4, 0.5) is 0 Å². The fourth-order valence-electron chi connectivity index (χ4n) is 2.83. The zero-order valence-electron chi connectivity index (χ0n) is 12.8. The number of hydrogen-bond donors (Lipinski definition) is 1. The van der Waals surface area contributed by atoms with Gasteiger partial charge in [-0.2, -0.15) is 0 Å². The highest BCUT2D eigenvalue weighted by Crippen LogP contribution is 2.29. The van der Waals surface area contributed by atoms with E-state index in [1.165, 1.54) is 4.88 Å². The molecule has 1 aliphatic heterocycles. The van der Waals surface area contributed by atoms with Crippen molar-refractivity contribution in [3.63, 3.8) is 0 Å². The van der Waals surface area contributed by atoms with Crippen LogP contribution in [0.25, 0.3) is 0 Å². The summed E-state index contributed by atoms with van der Waals surface area (Å²) in [7, 11) is 0. The highest BCUT2D eigenvalue weighted by atomic mass is 32.1. The third kappa shape index (κ3) is 3.77. The van der Waals surface area contributed by atoms with Gasteiger partial charge in [0.25, 0.3) is 0 Å². The zero-order chi connectivity index (χ0) is 14.0. The molecule has 0 radical (unpaired) electrons. The van der Waals surface area contributed by atoms with Crippen LogP contribution < -0.4 is 5.32 Å². The minimum Gasteiger partial charge on any atom is -0.311 e. The van der Waals surface area contributed by atoms with E-state index >= 15 is 0 Å². The van der Waals surface area contributed by atoms with Gasteiger partial charge >= 0.3 is 0 Å². The average Bonchev–Trinajstić information content (AvgIpc) is 2.80. The number of rotatable bonds is 3. The Balaban J connectivity index is 2.11. The molecule has 1 aromatic heterocycles. The SMILES string of the molecule is CC(C)C1CN(Cc2cncs2)C(C(C)(C)C)CN1. The predicted molar refractivity (Wildman–Crippen MR) is 82.4 cm³/mol. The van der Waals surface area contributed by atoms with Crippen molar-refractivity contribution in [1.82, 2.24) is 15.2 Å². The third-order valence-corrected chi connectivity index (χ3v) is 4.86. The Kier molecular flexibility index (Phi) is 4.64. The second kappa shape index (κ2) is 5.90. The highest BCUT2D eigenvalue weighted by molar-refractivity contribution is 7.09. The normalized spacial score (nSPS) is 26.0. The minimum absolute atomic E-state index is 0.305. The molecule has 0 spiro atoms. The van der Waals surface area contributed by atoms with Crippen molar-refractivity contribution in [2.75, 3.05) is 13.1 Å². The summed E-state index contributed by atoms with van der Waals surface area (Å²) >= 11 is 1.77. The molecule has 0 aliphatic carbocycles. The molecule has 2 heterocycles. The van der Waals surface area contributed by atoms with Gasteiger partial charge in [-0.05, 0) is 11.3 Å². The Hall–Kier alpha value is -0.450. The summed E-state index contributed by atoms with van der Waals surface area (Å²) in [5, 5.41) is 3.73. The van der Waals surface area contributed by atoms with Crippen LogP contribution in [0.1, 0.15) is 39.5 Å². The molecule has 1 aromatic rings. The lowest BCUT2D eigenvalue weighted by atomic mass is 9.83. The van der Waals surface area contributed by atoms with Gasteiger partial charge in [0, 0.05) is 42.8 Å².